The summed E-state index contributed by atoms with van der Waals surface area (Å²) in [6, 6.07) is 0.268. The second-order valence-corrected chi connectivity index (χ2v) is 6.96. The molecule has 1 unspecified atom stereocenters. The standard InChI is InChI=1S/C17H30N2O3/c1-12(10-11-20)18-16(21)14-6-8-15(9-7-14)19-17(22)13-4-2-3-5-13/h12-15,20H,2-11H2,1H3,(H,18,21)(H,19,22). The van der Waals surface area contributed by atoms with Crippen LogP contribution in [0.3, 0.4) is 0 Å². The maximum Gasteiger partial charge on any atom is 0.223 e. The summed E-state index contributed by atoms with van der Waals surface area (Å²) in [6.45, 7) is 2.02. The quantitative estimate of drug-likeness (QED) is 0.699. The Balaban J connectivity index is 1.68. The van der Waals surface area contributed by atoms with Gasteiger partial charge in [-0.3, -0.25) is 9.59 Å². The first-order valence-corrected chi connectivity index (χ1v) is 8.81. The van der Waals surface area contributed by atoms with Crippen molar-refractivity contribution in [2.75, 3.05) is 6.61 Å². The van der Waals surface area contributed by atoms with Crippen LogP contribution in [0.1, 0.15) is 64.7 Å². The van der Waals surface area contributed by atoms with E-state index in [-0.39, 0.29) is 42.3 Å². The van der Waals surface area contributed by atoms with Crippen molar-refractivity contribution < 1.29 is 14.7 Å². The predicted octanol–water partition coefficient (Wildman–Crippen LogP) is 1.74. The van der Waals surface area contributed by atoms with Gasteiger partial charge in [0.15, 0.2) is 0 Å². The van der Waals surface area contributed by atoms with Crippen LogP contribution in [0.5, 0.6) is 0 Å². The highest BCUT2D eigenvalue weighted by molar-refractivity contribution is 5.80. The molecule has 2 amide bonds. The first-order chi connectivity index (χ1) is 10.6. The first kappa shape index (κ1) is 17.3. The molecule has 0 bridgehead atoms. The van der Waals surface area contributed by atoms with Crippen molar-refractivity contribution in [3.05, 3.63) is 0 Å². The summed E-state index contributed by atoms with van der Waals surface area (Å²) in [4.78, 5) is 24.3. The largest absolute Gasteiger partial charge is 0.396 e. The van der Waals surface area contributed by atoms with Crippen molar-refractivity contribution in [1.29, 1.82) is 0 Å². The summed E-state index contributed by atoms with van der Waals surface area (Å²) in [7, 11) is 0. The van der Waals surface area contributed by atoms with Crippen molar-refractivity contribution in [3.8, 4) is 0 Å². The molecule has 3 N–H and O–H groups in total. The maximum absolute atomic E-state index is 12.1. The molecule has 2 fully saturated rings. The highest BCUT2D eigenvalue weighted by atomic mass is 16.3. The third kappa shape index (κ3) is 4.97. The van der Waals surface area contributed by atoms with E-state index in [1.165, 1.54) is 12.8 Å². The van der Waals surface area contributed by atoms with Gasteiger partial charge in [-0.15, -0.1) is 0 Å². The topological polar surface area (TPSA) is 78.4 Å². The second-order valence-electron chi connectivity index (χ2n) is 6.96. The van der Waals surface area contributed by atoms with Crippen LogP contribution >= 0.6 is 0 Å². The summed E-state index contributed by atoms with van der Waals surface area (Å²) in [5.74, 6) is 0.601. The Kier molecular flexibility index (Phi) is 6.68. The molecule has 0 spiro atoms. The first-order valence-electron chi connectivity index (χ1n) is 8.81. The Morgan fingerprint density at radius 3 is 2.18 bits per heavy atom. The van der Waals surface area contributed by atoms with Crippen LogP contribution in [0.2, 0.25) is 0 Å². The minimum absolute atomic E-state index is 0.0253. The molecule has 0 radical (unpaired) electrons. The van der Waals surface area contributed by atoms with E-state index in [9.17, 15) is 9.59 Å². The summed E-state index contributed by atoms with van der Waals surface area (Å²) < 4.78 is 0. The molecule has 2 saturated carbocycles. The van der Waals surface area contributed by atoms with Gasteiger partial charge in [0.1, 0.15) is 0 Å². The van der Waals surface area contributed by atoms with E-state index >= 15 is 0 Å². The average Bonchev–Trinajstić information content (AvgIpc) is 3.02. The molecular weight excluding hydrogens is 280 g/mol. The van der Waals surface area contributed by atoms with E-state index < -0.39 is 0 Å². The van der Waals surface area contributed by atoms with Crippen molar-refractivity contribution in [3.63, 3.8) is 0 Å². The van der Waals surface area contributed by atoms with Crippen LogP contribution in [-0.2, 0) is 9.59 Å². The van der Waals surface area contributed by atoms with Crippen LogP contribution in [0.25, 0.3) is 0 Å². The number of hydrogen-bond donors (Lipinski definition) is 3. The van der Waals surface area contributed by atoms with E-state index in [1.54, 1.807) is 0 Å². The monoisotopic (exact) mass is 310 g/mol. The van der Waals surface area contributed by atoms with Gasteiger partial charge >= 0.3 is 0 Å². The van der Waals surface area contributed by atoms with Crippen molar-refractivity contribution >= 4 is 11.8 Å². The molecule has 0 aromatic rings. The zero-order valence-corrected chi connectivity index (χ0v) is 13.6. The van der Waals surface area contributed by atoms with Crippen molar-refractivity contribution in [2.45, 2.75) is 76.8 Å². The molecule has 5 nitrogen and oxygen atoms in total. The minimum Gasteiger partial charge on any atom is -0.396 e. The lowest BCUT2D eigenvalue weighted by Crippen LogP contribution is -2.44. The van der Waals surface area contributed by atoms with Gasteiger partial charge in [-0.05, 0) is 51.9 Å². The molecular formula is C17H30N2O3. The van der Waals surface area contributed by atoms with Gasteiger partial charge in [-0.2, -0.15) is 0 Å². The SMILES string of the molecule is CC(CCO)NC(=O)C1CCC(NC(=O)C2CCCC2)CC1. The molecule has 0 aliphatic heterocycles. The highest BCUT2D eigenvalue weighted by Gasteiger charge is 2.29. The van der Waals surface area contributed by atoms with E-state index in [4.69, 9.17) is 5.11 Å². The molecule has 0 aromatic heterocycles. The summed E-state index contributed by atoms with van der Waals surface area (Å²) >= 11 is 0. The molecule has 0 aromatic carbocycles. The third-order valence-electron chi connectivity index (χ3n) is 5.12. The number of amides is 2. The van der Waals surface area contributed by atoms with Gasteiger partial charge in [0.25, 0.3) is 0 Å². The van der Waals surface area contributed by atoms with E-state index in [0.29, 0.717) is 6.42 Å². The fourth-order valence-electron chi connectivity index (χ4n) is 3.63. The van der Waals surface area contributed by atoms with Gasteiger partial charge in [-0.1, -0.05) is 12.8 Å². The lowest BCUT2D eigenvalue weighted by atomic mass is 9.85. The number of aliphatic hydroxyl groups excluding tert-OH is 1. The molecule has 126 valence electrons. The molecule has 0 heterocycles. The van der Waals surface area contributed by atoms with Crippen LogP contribution in [0, 0.1) is 11.8 Å². The fourth-order valence-corrected chi connectivity index (χ4v) is 3.63. The zero-order valence-electron chi connectivity index (χ0n) is 13.6. The Hall–Kier alpha value is -1.10. The van der Waals surface area contributed by atoms with E-state index in [2.05, 4.69) is 10.6 Å². The smallest absolute Gasteiger partial charge is 0.223 e. The molecule has 2 aliphatic rings. The van der Waals surface area contributed by atoms with Gasteiger partial charge < -0.3 is 15.7 Å². The normalized spacial score (nSPS) is 27.4. The van der Waals surface area contributed by atoms with Crippen molar-refractivity contribution in [2.24, 2.45) is 11.8 Å². The Morgan fingerprint density at radius 1 is 1.00 bits per heavy atom. The Morgan fingerprint density at radius 2 is 1.59 bits per heavy atom. The summed E-state index contributed by atoms with van der Waals surface area (Å²) in [5.41, 5.74) is 0. The second kappa shape index (κ2) is 8.51. The number of carbonyl (C=O) groups is 2. The number of aliphatic hydroxyl groups is 1. The number of carbonyl (C=O) groups excluding carboxylic acids is 2. The summed E-state index contributed by atoms with van der Waals surface area (Å²) in [6.07, 6.45) is 8.49. The molecule has 1 atom stereocenters. The Bertz CT molecular complexity index is 372. The number of nitrogens with one attached hydrogen (secondary N) is 2. The third-order valence-corrected chi connectivity index (χ3v) is 5.12. The molecule has 5 heteroatoms. The van der Waals surface area contributed by atoms with Gasteiger partial charge in [-0.25, -0.2) is 0 Å². The Labute approximate surface area is 133 Å². The lowest BCUT2D eigenvalue weighted by molar-refractivity contribution is -0.127. The van der Waals surface area contributed by atoms with Crippen LogP contribution < -0.4 is 10.6 Å². The minimum atomic E-state index is 0.0253. The molecule has 0 saturated heterocycles. The van der Waals surface area contributed by atoms with Gasteiger partial charge in [0, 0.05) is 30.5 Å². The molecule has 22 heavy (non-hydrogen) atoms. The summed E-state index contributed by atoms with van der Waals surface area (Å²) in [5, 5.41) is 15.0. The zero-order chi connectivity index (χ0) is 15.9. The van der Waals surface area contributed by atoms with Gasteiger partial charge in [0.05, 0.1) is 0 Å². The fraction of sp³-hybridized carbons (Fsp3) is 0.882. The molecule has 2 aliphatic carbocycles. The van der Waals surface area contributed by atoms with E-state index in [0.717, 1.165) is 38.5 Å². The van der Waals surface area contributed by atoms with Crippen molar-refractivity contribution in [1.82, 2.24) is 10.6 Å². The van der Waals surface area contributed by atoms with Crippen LogP contribution in [0.15, 0.2) is 0 Å². The maximum atomic E-state index is 12.1. The van der Waals surface area contributed by atoms with Gasteiger partial charge in [0.2, 0.25) is 11.8 Å². The van der Waals surface area contributed by atoms with Crippen LogP contribution in [0.4, 0.5) is 0 Å². The highest BCUT2D eigenvalue weighted by Crippen LogP contribution is 2.27. The lowest BCUT2D eigenvalue weighted by Gasteiger charge is -2.30. The number of hydrogen-bond acceptors (Lipinski definition) is 3. The molecule has 2 rings (SSSR count). The van der Waals surface area contributed by atoms with E-state index in [1.807, 2.05) is 6.92 Å². The number of rotatable bonds is 6. The average molecular weight is 310 g/mol. The van der Waals surface area contributed by atoms with Crippen LogP contribution in [-0.4, -0.2) is 35.6 Å². The predicted molar refractivity (Wildman–Crippen MR) is 85.2 cm³/mol.